The van der Waals surface area contributed by atoms with E-state index in [-0.39, 0.29) is 49.9 Å². The molecule has 0 aliphatic carbocycles. The van der Waals surface area contributed by atoms with Crippen LogP contribution in [0.15, 0.2) is 79.9 Å². The van der Waals surface area contributed by atoms with Gasteiger partial charge in [-0.05, 0) is 37.0 Å². The van der Waals surface area contributed by atoms with Gasteiger partial charge in [0.1, 0.15) is 29.9 Å². The van der Waals surface area contributed by atoms with Gasteiger partial charge in [-0.2, -0.15) is 0 Å². The molecule has 3 aliphatic heterocycles. The van der Waals surface area contributed by atoms with Crippen molar-refractivity contribution in [3.05, 3.63) is 85.5 Å². The normalized spacial score (nSPS) is 26.1. The molecular weight excluding hydrogens is 720 g/mol. The van der Waals surface area contributed by atoms with E-state index in [4.69, 9.17) is 9.47 Å². The number of aromatic nitrogens is 3. The number of esters is 1. The Morgan fingerprint density at radius 2 is 1.92 bits per heavy atom. The van der Waals surface area contributed by atoms with E-state index in [0.717, 1.165) is 5.52 Å². The quantitative estimate of drug-likeness (QED) is 0.127. The lowest BCUT2D eigenvalue weighted by Gasteiger charge is -2.39. The first-order chi connectivity index (χ1) is 24.7. The smallest absolute Gasteiger partial charge is 0.313 e. The van der Waals surface area contributed by atoms with Crippen molar-refractivity contribution in [1.29, 1.82) is 0 Å². The monoisotopic (exact) mass is 762 g/mol. The molecule has 2 aromatic carbocycles. The predicted molar refractivity (Wildman–Crippen MR) is 191 cm³/mol. The van der Waals surface area contributed by atoms with E-state index in [0.29, 0.717) is 23.9 Å². The summed E-state index contributed by atoms with van der Waals surface area (Å²) in [6.07, 6.45) is 3.03. The number of likely N-dealkylation sites (tertiary alicyclic amines) is 1. The van der Waals surface area contributed by atoms with E-state index in [1.807, 2.05) is 49.4 Å². The number of benzene rings is 2. The summed E-state index contributed by atoms with van der Waals surface area (Å²) in [5.41, 5.74) is 0.674. The van der Waals surface area contributed by atoms with Crippen LogP contribution < -0.4 is 5.32 Å². The largest absolute Gasteiger partial charge is 0.455 e. The molecule has 270 valence electrons. The van der Waals surface area contributed by atoms with Gasteiger partial charge in [-0.1, -0.05) is 82.7 Å². The number of carbonyl (C=O) groups is 4. The summed E-state index contributed by atoms with van der Waals surface area (Å²) in [6.45, 7) is 9.14. The van der Waals surface area contributed by atoms with Crippen LogP contribution in [0, 0.1) is 11.8 Å². The van der Waals surface area contributed by atoms with Crippen LogP contribution in [0.25, 0.3) is 11.0 Å². The number of aliphatic hydroxyl groups is 1. The number of halogens is 1. The fourth-order valence-corrected chi connectivity index (χ4v) is 8.74. The number of aliphatic hydroxyl groups excluding tert-OH is 1. The van der Waals surface area contributed by atoms with Crippen LogP contribution in [0.2, 0.25) is 0 Å². The van der Waals surface area contributed by atoms with Crippen molar-refractivity contribution in [3.63, 3.8) is 0 Å². The van der Waals surface area contributed by atoms with Crippen molar-refractivity contribution < 1.29 is 33.8 Å². The maximum Gasteiger partial charge on any atom is 0.313 e. The Balaban J connectivity index is 1.33. The molecule has 13 nitrogen and oxygen atoms in total. The zero-order valence-electron chi connectivity index (χ0n) is 28.5. The highest BCUT2D eigenvalue weighted by Gasteiger charge is 2.77. The molecule has 14 heteroatoms. The van der Waals surface area contributed by atoms with Crippen LogP contribution in [0.1, 0.15) is 44.3 Å². The standard InChI is InChI=1S/C37H43BrN6O7/c1-4-7-17-29(46)39-20-28(23-13-9-8-10-14-23)50-36(49)30-31-34(47)44(24(6-3)21-45)33(37(31)19-25(38)32(30)51-37)35(48)42(18-5-2)22-43-27-16-12-11-15-26(27)40-41-43/h4-5,8-16,24-25,28,30-33,45H,1-2,6-7,17-22H2,3H3,(H,39,46)/t24-,25?,28-,30+,31-,32+,33+,37-/m0/s1. The lowest BCUT2D eigenvalue weighted by Crippen LogP contribution is -2.59. The van der Waals surface area contributed by atoms with Crippen molar-refractivity contribution in [2.24, 2.45) is 11.8 Å². The second-order valence-corrected chi connectivity index (χ2v) is 14.4. The third-order valence-electron chi connectivity index (χ3n) is 10.2. The molecule has 1 spiro atoms. The molecule has 3 fully saturated rings. The third kappa shape index (κ3) is 6.72. The molecule has 2 bridgehead atoms. The van der Waals surface area contributed by atoms with Gasteiger partial charge in [-0.3, -0.25) is 19.2 Å². The van der Waals surface area contributed by atoms with Gasteiger partial charge < -0.3 is 29.7 Å². The highest BCUT2D eigenvalue weighted by Crippen LogP contribution is 2.61. The number of ether oxygens (including phenoxy) is 2. The van der Waals surface area contributed by atoms with Gasteiger partial charge in [0.25, 0.3) is 0 Å². The Morgan fingerprint density at radius 3 is 2.63 bits per heavy atom. The molecule has 2 N–H and O–H groups in total. The van der Waals surface area contributed by atoms with Crippen LogP contribution >= 0.6 is 15.9 Å². The lowest BCUT2D eigenvalue weighted by molar-refractivity contribution is -0.161. The summed E-state index contributed by atoms with van der Waals surface area (Å²) < 4.78 is 14.4. The Morgan fingerprint density at radius 1 is 1.18 bits per heavy atom. The van der Waals surface area contributed by atoms with Crippen molar-refractivity contribution in [2.45, 2.75) is 74.0 Å². The topological polar surface area (TPSA) is 156 Å². The maximum atomic E-state index is 14.9. The number of nitrogens with one attached hydrogen (secondary N) is 1. The Hall–Kier alpha value is -4.40. The van der Waals surface area contributed by atoms with Crippen molar-refractivity contribution >= 4 is 50.7 Å². The zero-order chi connectivity index (χ0) is 36.3. The number of carbonyl (C=O) groups excluding carboxylic acids is 4. The fraction of sp³-hybridized carbons (Fsp3) is 0.459. The van der Waals surface area contributed by atoms with Crippen LogP contribution in [0.4, 0.5) is 0 Å². The Labute approximate surface area is 304 Å². The molecule has 3 amide bonds. The predicted octanol–water partition coefficient (Wildman–Crippen LogP) is 3.29. The number of nitrogens with zero attached hydrogens (tertiary/aromatic N) is 5. The first-order valence-corrected chi connectivity index (χ1v) is 18.2. The van der Waals surface area contributed by atoms with E-state index in [1.54, 1.807) is 29.0 Å². The van der Waals surface area contributed by atoms with E-state index in [1.165, 1.54) is 9.80 Å². The molecule has 0 radical (unpaired) electrons. The summed E-state index contributed by atoms with van der Waals surface area (Å²) in [5.74, 6) is -3.85. The van der Waals surface area contributed by atoms with Crippen LogP contribution in [0.5, 0.6) is 0 Å². The first-order valence-electron chi connectivity index (χ1n) is 17.2. The summed E-state index contributed by atoms with van der Waals surface area (Å²) in [4.78, 5) is 58.9. The van der Waals surface area contributed by atoms with Crippen molar-refractivity contribution in [3.8, 4) is 0 Å². The van der Waals surface area contributed by atoms with Gasteiger partial charge in [-0.15, -0.1) is 18.3 Å². The second kappa shape index (κ2) is 15.5. The number of allylic oxidation sites excluding steroid dienone is 1. The van der Waals surface area contributed by atoms with Gasteiger partial charge in [0, 0.05) is 17.8 Å². The molecule has 1 aromatic heterocycles. The highest BCUT2D eigenvalue weighted by molar-refractivity contribution is 9.09. The number of fused-ring (bicyclic) bond motifs is 2. The summed E-state index contributed by atoms with van der Waals surface area (Å²) in [6, 6.07) is 14.6. The van der Waals surface area contributed by atoms with Gasteiger partial charge in [0.2, 0.25) is 17.7 Å². The molecule has 6 rings (SSSR count). The second-order valence-electron chi connectivity index (χ2n) is 13.2. The molecule has 51 heavy (non-hydrogen) atoms. The van der Waals surface area contributed by atoms with Crippen LogP contribution in [-0.2, 0) is 35.3 Å². The van der Waals surface area contributed by atoms with Crippen LogP contribution in [0.3, 0.4) is 0 Å². The highest BCUT2D eigenvalue weighted by atomic mass is 79.9. The van der Waals surface area contributed by atoms with Gasteiger partial charge in [0.15, 0.2) is 0 Å². The van der Waals surface area contributed by atoms with Gasteiger partial charge in [-0.25, -0.2) is 4.68 Å². The average molecular weight is 764 g/mol. The van der Waals surface area contributed by atoms with E-state index >= 15 is 0 Å². The van der Waals surface area contributed by atoms with Crippen LogP contribution in [-0.4, -0.2) is 102 Å². The number of rotatable bonds is 16. The van der Waals surface area contributed by atoms with E-state index < -0.39 is 59.5 Å². The number of hydrogen-bond donors (Lipinski definition) is 2. The minimum Gasteiger partial charge on any atom is -0.455 e. The molecular formula is C37H43BrN6O7. The molecule has 3 aromatic rings. The minimum absolute atomic E-state index is 0.0183. The fourth-order valence-electron chi connectivity index (χ4n) is 7.79. The molecule has 3 saturated heterocycles. The van der Waals surface area contributed by atoms with Gasteiger partial charge in [0.05, 0.1) is 42.6 Å². The van der Waals surface area contributed by atoms with Crippen molar-refractivity contribution in [1.82, 2.24) is 30.1 Å². The summed E-state index contributed by atoms with van der Waals surface area (Å²) in [5, 5.41) is 21.8. The first kappa shape index (κ1) is 36.4. The minimum atomic E-state index is -1.38. The lowest BCUT2D eigenvalue weighted by atomic mass is 9.70. The molecule has 3 aliphatic rings. The van der Waals surface area contributed by atoms with E-state index in [2.05, 4.69) is 44.7 Å². The summed E-state index contributed by atoms with van der Waals surface area (Å²) in [7, 11) is 0. The maximum absolute atomic E-state index is 14.9. The Kier molecular flexibility index (Phi) is 11.0. The van der Waals surface area contributed by atoms with Crippen molar-refractivity contribution in [2.75, 3.05) is 19.7 Å². The zero-order valence-corrected chi connectivity index (χ0v) is 30.1. The number of para-hydroxylation sites is 1. The molecule has 8 atom stereocenters. The molecule has 1 unspecified atom stereocenters. The average Bonchev–Trinajstić information content (AvgIpc) is 3.87. The van der Waals surface area contributed by atoms with E-state index in [9.17, 15) is 24.3 Å². The number of alkyl halides is 1. The molecule has 0 saturated carbocycles. The SMILES string of the molecule is C=CCCC(=O)NC[C@H](OC(=O)[C@H]1[C@@H]2O[C@@]3(CC2Br)[C@@H]1C(=O)N([C@@H](CC)CO)[C@@H]3C(=O)N(CC=C)Cn1nnc2ccccc21)c1ccccc1. The number of hydrogen-bond acceptors (Lipinski definition) is 9. The Bertz CT molecular complexity index is 1780. The molecule has 4 heterocycles. The van der Waals surface area contributed by atoms with Gasteiger partial charge >= 0.3 is 5.97 Å². The summed E-state index contributed by atoms with van der Waals surface area (Å²) >= 11 is 3.71. The third-order valence-corrected chi connectivity index (χ3v) is 11.0. The number of amides is 3.